The largest absolute Gasteiger partial charge is 0.348 e. The molecule has 1 unspecified atom stereocenters. The molecule has 2 fully saturated rings. The fraction of sp³-hybridized carbons (Fsp3) is 0.938. The van der Waals surface area contributed by atoms with Crippen LogP contribution in [0, 0.1) is 0 Å². The van der Waals surface area contributed by atoms with E-state index in [2.05, 4.69) is 22.2 Å². The van der Waals surface area contributed by atoms with Crippen LogP contribution in [0.15, 0.2) is 0 Å². The molecule has 2 saturated heterocycles. The summed E-state index contributed by atoms with van der Waals surface area (Å²) in [7, 11) is 5.91. The minimum absolute atomic E-state index is 0.213. The van der Waals surface area contributed by atoms with Gasteiger partial charge in [-0.3, -0.25) is 9.69 Å². The first kappa shape index (κ1) is 16.7. The van der Waals surface area contributed by atoms with Gasteiger partial charge in [-0.1, -0.05) is 6.42 Å². The van der Waals surface area contributed by atoms with Crippen molar-refractivity contribution in [2.45, 2.75) is 44.2 Å². The predicted octanol–water partition coefficient (Wildman–Crippen LogP) is 0.613. The Morgan fingerprint density at radius 2 is 1.86 bits per heavy atom. The van der Waals surface area contributed by atoms with Crippen molar-refractivity contribution in [3.8, 4) is 0 Å². The number of rotatable bonds is 5. The number of hydrogen-bond acceptors (Lipinski definition) is 4. The third-order valence-corrected chi connectivity index (χ3v) is 5.01. The van der Waals surface area contributed by atoms with Crippen LogP contribution in [0.2, 0.25) is 0 Å². The van der Waals surface area contributed by atoms with Gasteiger partial charge in [0, 0.05) is 45.8 Å². The van der Waals surface area contributed by atoms with Crippen LogP contribution >= 0.6 is 0 Å². The highest BCUT2D eigenvalue weighted by Crippen LogP contribution is 2.15. The van der Waals surface area contributed by atoms with Crippen LogP contribution in [-0.4, -0.2) is 86.6 Å². The smallest absolute Gasteiger partial charge is 0.236 e. The summed E-state index contributed by atoms with van der Waals surface area (Å²) in [5, 5.41) is 3.75. The Bertz CT molecular complexity index is 326. The summed E-state index contributed by atoms with van der Waals surface area (Å²) >= 11 is 0. The van der Waals surface area contributed by atoms with Crippen LogP contribution in [0.25, 0.3) is 0 Å². The number of likely N-dealkylation sites (N-methyl/N-ethyl adjacent to an activating group) is 2. The fourth-order valence-corrected chi connectivity index (χ4v) is 3.33. The van der Waals surface area contributed by atoms with E-state index in [4.69, 9.17) is 0 Å². The molecular weight excluding hydrogens is 264 g/mol. The van der Waals surface area contributed by atoms with Crippen LogP contribution < -0.4 is 5.32 Å². The summed E-state index contributed by atoms with van der Waals surface area (Å²) < 4.78 is 0. The number of carbonyl (C=O) groups excluding carboxylic acids is 1. The van der Waals surface area contributed by atoms with E-state index in [1.165, 1.54) is 25.8 Å². The Morgan fingerprint density at radius 3 is 2.48 bits per heavy atom. The van der Waals surface area contributed by atoms with Crippen molar-refractivity contribution in [2.24, 2.45) is 0 Å². The molecule has 0 aliphatic carbocycles. The van der Waals surface area contributed by atoms with Gasteiger partial charge in [0.1, 0.15) is 0 Å². The monoisotopic (exact) mass is 296 g/mol. The highest BCUT2D eigenvalue weighted by molar-refractivity contribution is 5.77. The number of nitrogens with zero attached hydrogens (tertiary/aromatic N) is 3. The minimum Gasteiger partial charge on any atom is -0.348 e. The van der Waals surface area contributed by atoms with Crippen molar-refractivity contribution in [2.75, 3.05) is 53.9 Å². The molecule has 0 aromatic rings. The molecule has 0 bridgehead atoms. The third-order valence-electron chi connectivity index (χ3n) is 5.01. The Hall–Kier alpha value is -0.650. The first-order valence-corrected chi connectivity index (χ1v) is 8.42. The van der Waals surface area contributed by atoms with Gasteiger partial charge >= 0.3 is 0 Å². The molecular formula is C16H32N4O. The van der Waals surface area contributed by atoms with Crippen LogP contribution in [0.1, 0.15) is 32.1 Å². The zero-order valence-electron chi connectivity index (χ0n) is 14.0. The summed E-state index contributed by atoms with van der Waals surface area (Å²) in [5.74, 6) is 0.213. The lowest BCUT2D eigenvalue weighted by Crippen LogP contribution is -2.49. The lowest BCUT2D eigenvalue weighted by molar-refractivity contribution is -0.130. The number of hydrogen-bond donors (Lipinski definition) is 1. The van der Waals surface area contributed by atoms with Gasteiger partial charge in [-0.25, -0.2) is 0 Å². The van der Waals surface area contributed by atoms with Gasteiger partial charge in [0.25, 0.3) is 0 Å². The molecule has 1 amide bonds. The zero-order chi connectivity index (χ0) is 15.2. The van der Waals surface area contributed by atoms with Gasteiger partial charge in [0.05, 0.1) is 6.54 Å². The summed E-state index contributed by atoms with van der Waals surface area (Å²) in [5.41, 5.74) is 0. The van der Waals surface area contributed by atoms with E-state index in [0.717, 1.165) is 32.5 Å². The van der Waals surface area contributed by atoms with Crippen LogP contribution in [0.4, 0.5) is 0 Å². The summed E-state index contributed by atoms with van der Waals surface area (Å²) in [6, 6.07) is 1.35. The number of nitrogens with one attached hydrogen (secondary N) is 1. The standard InChI is InChI=1S/C16H32N4O/c1-18(2)16(21)13-20-10-7-14(8-11-20)17-12-15-6-4-5-9-19(15)3/h14-15,17H,4-13H2,1-3H3. The van der Waals surface area contributed by atoms with Gasteiger partial charge < -0.3 is 15.1 Å². The van der Waals surface area contributed by atoms with E-state index in [-0.39, 0.29) is 5.91 Å². The number of amides is 1. The topological polar surface area (TPSA) is 38.8 Å². The Morgan fingerprint density at radius 1 is 1.14 bits per heavy atom. The van der Waals surface area contributed by atoms with E-state index in [0.29, 0.717) is 18.6 Å². The second kappa shape index (κ2) is 8.11. The fourth-order valence-electron chi connectivity index (χ4n) is 3.33. The maximum absolute atomic E-state index is 11.7. The third kappa shape index (κ3) is 5.24. The van der Waals surface area contributed by atoms with Gasteiger partial charge in [0.15, 0.2) is 0 Å². The van der Waals surface area contributed by atoms with Crippen LogP contribution in [0.3, 0.4) is 0 Å². The molecule has 2 aliphatic rings. The lowest BCUT2D eigenvalue weighted by Gasteiger charge is -2.36. The molecule has 122 valence electrons. The summed E-state index contributed by atoms with van der Waals surface area (Å²) in [4.78, 5) is 18.2. The highest BCUT2D eigenvalue weighted by Gasteiger charge is 2.23. The van der Waals surface area contributed by atoms with Crippen molar-refractivity contribution in [3.63, 3.8) is 0 Å². The zero-order valence-corrected chi connectivity index (χ0v) is 14.0. The average molecular weight is 296 g/mol. The molecule has 0 radical (unpaired) electrons. The molecule has 2 heterocycles. The van der Waals surface area contributed by atoms with E-state index >= 15 is 0 Å². The normalized spacial score (nSPS) is 26.0. The quantitative estimate of drug-likeness (QED) is 0.807. The molecule has 5 heteroatoms. The number of likely N-dealkylation sites (tertiary alicyclic amines) is 2. The second-order valence-corrected chi connectivity index (χ2v) is 6.88. The summed E-state index contributed by atoms with van der Waals surface area (Å²) in [6.45, 7) is 5.02. The molecule has 21 heavy (non-hydrogen) atoms. The molecule has 2 rings (SSSR count). The lowest BCUT2D eigenvalue weighted by atomic mass is 10.0. The Labute approximate surface area is 129 Å². The maximum Gasteiger partial charge on any atom is 0.236 e. The molecule has 1 atom stereocenters. The molecule has 5 nitrogen and oxygen atoms in total. The summed E-state index contributed by atoms with van der Waals surface area (Å²) in [6.07, 6.45) is 6.39. The van der Waals surface area contributed by atoms with E-state index < -0.39 is 0 Å². The van der Waals surface area contributed by atoms with Gasteiger partial charge in [-0.2, -0.15) is 0 Å². The van der Waals surface area contributed by atoms with E-state index in [9.17, 15) is 4.79 Å². The molecule has 2 aliphatic heterocycles. The first-order valence-electron chi connectivity index (χ1n) is 8.42. The predicted molar refractivity (Wildman–Crippen MR) is 86.4 cm³/mol. The van der Waals surface area contributed by atoms with Crippen molar-refractivity contribution in [1.29, 1.82) is 0 Å². The number of piperidine rings is 2. The van der Waals surface area contributed by atoms with Gasteiger partial charge in [0.2, 0.25) is 5.91 Å². The Kier molecular flexibility index (Phi) is 6.45. The average Bonchev–Trinajstić information content (AvgIpc) is 2.48. The van der Waals surface area contributed by atoms with Crippen molar-refractivity contribution >= 4 is 5.91 Å². The first-order chi connectivity index (χ1) is 10.1. The number of carbonyl (C=O) groups is 1. The van der Waals surface area contributed by atoms with Gasteiger partial charge in [-0.05, 0) is 39.3 Å². The van der Waals surface area contributed by atoms with Crippen molar-refractivity contribution < 1.29 is 4.79 Å². The van der Waals surface area contributed by atoms with Crippen LogP contribution in [-0.2, 0) is 4.79 Å². The molecule has 0 spiro atoms. The molecule has 0 aromatic heterocycles. The Balaban J connectivity index is 1.63. The molecule has 0 saturated carbocycles. The molecule has 0 aromatic carbocycles. The highest BCUT2D eigenvalue weighted by atomic mass is 16.2. The van der Waals surface area contributed by atoms with Crippen LogP contribution in [0.5, 0.6) is 0 Å². The van der Waals surface area contributed by atoms with E-state index in [1.807, 2.05) is 14.1 Å². The minimum atomic E-state index is 0.213. The van der Waals surface area contributed by atoms with Crippen molar-refractivity contribution in [3.05, 3.63) is 0 Å². The van der Waals surface area contributed by atoms with Crippen molar-refractivity contribution in [1.82, 2.24) is 20.0 Å². The van der Waals surface area contributed by atoms with Gasteiger partial charge in [-0.15, -0.1) is 0 Å². The molecule has 1 N–H and O–H groups in total. The second-order valence-electron chi connectivity index (χ2n) is 6.88. The maximum atomic E-state index is 11.7. The van der Waals surface area contributed by atoms with E-state index in [1.54, 1.807) is 4.90 Å². The SMILES string of the molecule is CN(C)C(=O)CN1CCC(NCC2CCCCN2C)CC1.